The van der Waals surface area contributed by atoms with Crippen LogP contribution in [0.15, 0.2) is 30.5 Å². The van der Waals surface area contributed by atoms with E-state index in [1.807, 2.05) is 35.0 Å². The van der Waals surface area contributed by atoms with Crippen molar-refractivity contribution >= 4 is 34.4 Å². The Kier molecular flexibility index (Phi) is 4.07. The highest BCUT2D eigenvalue weighted by Gasteiger charge is 2.27. The summed E-state index contributed by atoms with van der Waals surface area (Å²) in [6.07, 6.45) is 2.93. The fourth-order valence-corrected chi connectivity index (χ4v) is 3.08. The number of aromatic nitrogens is 1. The summed E-state index contributed by atoms with van der Waals surface area (Å²) in [4.78, 5) is 25.1. The summed E-state index contributed by atoms with van der Waals surface area (Å²) >= 11 is 6.01. The highest BCUT2D eigenvalue weighted by Crippen LogP contribution is 2.22. The van der Waals surface area contributed by atoms with Crippen molar-refractivity contribution in [1.29, 1.82) is 0 Å². The molecule has 5 nitrogen and oxygen atoms in total. The van der Waals surface area contributed by atoms with Gasteiger partial charge in [-0.05, 0) is 36.4 Å². The number of carboxylic acids is 1. The van der Waals surface area contributed by atoms with Crippen LogP contribution >= 0.6 is 11.6 Å². The maximum absolute atomic E-state index is 12.4. The number of hydrogen-bond acceptors (Lipinski definition) is 2. The third-order valence-corrected chi connectivity index (χ3v) is 4.47. The monoisotopic (exact) mass is 320 g/mol. The average Bonchev–Trinajstić information content (AvgIpc) is 2.89. The van der Waals surface area contributed by atoms with E-state index in [4.69, 9.17) is 16.7 Å². The third kappa shape index (κ3) is 2.95. The summed E-state index contributed by atoms with van der Waals surface area (Å²) < 4.78 is 1.88. The Morgan fingerprint density at radius 3 is 2.64 bits per heavy atom. The van der Waals surface area contributed by atoms with Crippen molar-refractivity contribution in [1.82, 2.24) is 9.47 Å². The summed E-state index contributed by atoms with van der Waals surface area (Å²) in [5, 5.41) is 10.7. The molecule has 1 aliphatic heterocycles. The van der Waals surface area contributed by atoms with Crippen LogP contribution in [0.3, 0.4) is 0 Å². The summed E-state index contributed by atoms with van der Waals surface area (Å²) in [6.45, 7) is 1.27. The lowest BCUT2D eigenvalue weighted by Gasteiger charge is -2.30. The van der Waals surface area contributed by atoms with Gasteiger partial charge >= 0.3 is 5.97 Å². The number of carboxylic acid groups (broad SMARTS) is 1. The first-order chi connectivity index (χ1) is 10.5. The number of aliphatic carboxylic acids is 1. The Labute approximate surface area is 133 Å². The zero-order chi connectivity index (χ0) is 15.7. The van der Waals surface area contributed by atoms with Crippen molar-refractivity contribution in [2.75, 3.05) is 13.1 Å². The lowest BCUT2D eigenvalue weighted by Crippen LogP contribution is -2.41. The second kappa shape index (κ2) is 6.01. The molecule has 0 saturated carbocycles. The van der Waals surface area contributed by atoms with Crippen LogP contribution in [-0.2, 0) is 16.1 Å². The second-order valence-electron chi connectivity index (χ2n) is 5.64. The smallest absolute Gasteiger partial charge is 0.306 e. The molecule has 1 aromatic carbocycles. The SMILES string of the molecule is O=C(O)C1CCN(C(=O)Cn2ccc3ccc(Cl)cc32)CC1. The zero-order valence-electron chi connectivity index (χ0n) is 12.0. The molecule has 22 heavy (non-hydrogen) atoms. The van der Waals surface area contributed by atoms with E-state index in [0.717, 1.165) is 10.9 Å². The molecule has 1 aromatic heterocycles. The number of nitrogens with zero attached hydrogens (tertiary/aromatic N) is 2. The molecule has 3 rings (SSSR count). The number of halogens is 1. The second-order valence-corrected chi connectivity index (χ2v) is 6.08. The number of hydrogen-bond donors (Lipinski definition) is 1. The molecule has 2 aromatic rings. The van der Waals surface area contributed by atoms with Gasteiger partial charge in [0.2, 0.25) is 5.91 Å². The first kappa shape index (κ1) is 14.9. The van der Waals surface area contributed by atoms with Crippen molar-refractivity contribution in [3.63, 3.8) is 0 Å². The van der Waals surface area contributed by atoms with E-state index >= 15 is 0 Å². The van der Waals surface area contributed by atoms with Crippen molar-refractivity contribution in [3.05, 3.63) is 35.5 Å². The molecule has 1 N–H and O–H groups in total. The molecule has 1 amide bonds. The number of benzene rings is 1. The topological polar surface area (TPSA) is 62.5 Å². The van der Waals surface area contributed by atoms with Gasteiger partial charge in [-0.1, -0.05) is 17.7 Å². The van der Waals surface area contributed by atoms with Crippen LogP contribution in [0.4, 0.5) is 0 Å². The van der Waals surface area contributed by atoms with Gasteiger partial charge in [0, 0.05) is 29.8 Å². The van der Waals surface area contributed by atoms with Crippen molar-refractivity contribution < 1.29 is 14.7 Å². The van der Waals surface area contributed by atoms with Crippen LogP contribution in [0.1, 0.15) is 12.8 Å². The Morgan fingerprint density at radius 2 is 1.95 bits per heavy atom. The minimum atomic E-state index is -0.766. The molecular weight excluding hydrogens is 304 g/mol. The predicted octanol–water partition coefficient (Wildman–Crippen LogP) is 2.62. The molecule has 0 bridgehead atoms. The van der Waals surface area contributed by atoms with Gasteiger partial charge in [0.1, 0.15) is 6.54 Å². The number of carbonyl (C=O) groups excluding carboxylic acids is 1. The standard InChI is InChI=1S/C16H17ClN2O3/c17-13-2-1-11-3-8-19(14(11)9-13)10-15(20)18-6-4-12(5-7-18)16(21)22/h1-3,8-9,12H,4-7,10H2,(H,21,22). The molecule has 0 radical (unpaired) electrons. The Balaban J connectivity index is 1.69. The Bertz CT molecular complexity index is 717. The molecule has 116 valence electrons. The first-order valence-corrected chi connectivity index (χ1v) is 7.67. The lowest BCUT2D eigenvalue weighted by atomic mass is 9.97. The van der Waals surface area contributed by atoms with Gasteiger partial charge in [0.05, 0.1) is 5.92 Å². The highest BCUT2D eigenvalue weighted by atomic mass is 35.5. The van der Waals surface area contributed by atoms with Gasteiger partial charge < -0.3 is 14.6 Å². The van der Waals surface area contributed by atoms with E-state index in [2.05, 4.69) is 0 Å². The van der Waals surface area contributed by atoms with Crippen LogP contribution in [0, 0.1) is 5.92 Å². The number of carbonyl (C=O) groups is 2. The van der Waals surface area contributed by atoms with Crippen molar-refractivity contribution in [2.45, 2.75) is 19.4 Å². The third-order valence-electron chi connectivity index (χ3n) is 4.24. The van der Waals surface area contributed by atoms with E-state index in [0.29, 0.717) is 31.0 Å². The van der Waals surface area contributed by atoms with Crippen LogP contribution in [0.2, 0.25) is 5.02 Å². The van der Waals surface area contributed by atoms with E-state index in [9.17, 15) is 9.59 Å². The minimum Gasteiger partial charge on any atom is -0.481 e. The number of amides is 1. The molecule has 0 aliphatic carbocycles. The maximum Gasteiger partial charge on any atom is 0.306 e. The summed E-state index contributed by atoms with van der Waals surface area (Å²) in [5.74, 6) is -1.07. The molecule has 0 spiro atoms. The zero-order valence-corrected chi connectivity index (χ0v) is 12.8. The van der Waals surface area contributed by atoms with Gasteiger partial charge in [-0.3, -0.25) is 9.59 Å². The molecule has 6 heteroatoms. The van der Waals surface area contributed by atoms with E-state index < -0.39 is 5.97 Å². The van der Waals surface area contributed by atoms with Crippen LogP contribution in [0.25, 0.3) is 10.9 Å². The molecule has 1 fully saturated rings. The van der Waals surface area contributed by atoms with E-state index in [1.165, 1.54) is 0 Å². The quantitative estimate of drug-likeness (QED) is 0.945. The van der Waals surface area contributed by atoms with Crippen molar-refractivity contribution in [3.8, 4) is 0 Å². The van der Waals surface area contributed by atoms with Gasteiger partial charge in [0.15, 0.2) is 0 Å². The van der Waals surface area contributed by atoms with Crippen LogP contribution < -0.4 is 0 Å². The molecule has 1 saturated heterocycles. The fourth-order valence-electron chi connectivity index (χ4n) is 2.92. The minimum absolute atomic E-state index is 0.0151. The van der Waals surface area contributed by atoms with Crippen LogP contribution in [-0.4, -0.2) is 39.5 Å². The number of piperidine rings is 1. The largest absolute Gasteiger partial charge is 0.481 e. The van der Waals surface area contributed by atoms with E-state index in [1.54, 1.807) is 4.90 Å². The average molecular weight is 321 g/mol. The van der Waals surface area contributed by atoms with Crippen LogP contribution in [0.5, 0.6) is 0 Å². The lowest BCUT2D eigenvalue weighted by molar-refractivity contribution is -0.145. The summed E-state index contributed by atoms with van der Waals surface area (Å²) in [5.41, 5.74) is 0.932. The molecule has 0 unspecified atom stereocenters. The van der Waals surface area contributed by atoms with Gasteiger partial charge in [-0.2, -0.15) is 0 Å². The normalized spacial score (nSPS) is 16.1. The van der Waals surface area contributed by atoms with E-state index in [-0.39, 0.29) is 18.4 Å². The van der Waals surface area contributed by atoms with Gasteiger partial charge in [-0.15, -0.1) is 0 Å². The fraction of sp³-hybridized carbons (Fsp3) is 0.375. The molecular formula is C16H17ClN2O3. The number of fused-ring (bicyclic) bond motifs is 1. The number of likely N-dealkylation sites (tertiary alicyclic amines) is 1. The molecule has 1 aliphatic rings. The highest BCUT2D eigenvalue weighted by molar-refractivity contribution is 6.31. The first-order valence-electron chi connectivity index (χ1n) is 7.29. The summed E-state index contributed by atoms with van der Waals surface area (Å²) in [6, 6.07) is 7.56. The summed E-state index contributed by atoms with van der Waals surface area (Å²) in [7, 11) is 0. The van der Waals surface area contributed by atoms with Gasteiger partial charge in [-0.25, -0.2) is 0 Å². The molecule has 2 heterocycles. The van der Waals surface area contributed by atoms with Crippen molar-refractivity contribution in [2.24, 2.45) is 5.92 Å². The molecule has 0 atom stereocenters. The Hall–Kier alpha value is -2.01. The van der Waals surface area contributed by atoms with Gasteiger partial charge in [0.25, 0.3) is 0 Å². The predicted molar refractivity (Wildman–Crippen MR) is 83.9 cm³/mol. The Morgan fingerprint density at radius 1 is 1.23 bits per heavy atom. The number of rotatable bonds is 3. The maximum atomic E-state index is 12.4.